The van der Waals surface area contributed by atoms with Gasteiger partial charge in [0, 0.05) is 24.4 Å². The predicted molar refractivity (Wildman–Crippen MR) is 116 cm³/mol. The molecule has 3 aromatic heterocycles. The minimum absolute atomic E-state index is 0.0602. The first-order chi connectivity index (χ1) is 15.8. The van der Waals surface area contributed by atoms with Crippen molar-refractivity contribution in [3.8, 4) is 28.6 Å². The van der Waals surface area contributed by atoms with E-state index in [1.165, 1.54) is 33.8 Å². The Morgan fingerprint density at radius 3 is 2.79 bits per heavy atom. The molecule has 164 valence electrons. The normalized spacial score (nSPS) is 14.8. The molecule has 9 nitrogen and oxygen atoms in total. The van der Waals surface area contributed by atoms with Crippen molar-refractivity contribution in [2.24, 2.45) is 7.05 Å². The number of ether oxygens (including phenoxy) is 1. The van der Waals surface area contributed by atoms with Crippen molar-refractivity contribution in [3.63, 3.8) is 0 Å². The van der Waals surface area contributed by atoms with Crippen molar-refractivity contribution in [2.75, 3.05) is 5.73 Å². The molecule has 0 amide bonds. The van der Waals surface area contributed by atoms with E-state index in [2.05, 4.69) is 21.3 Å². The summed E-state index contributed by atoms with van der Waals surface area (Å²) in [5, 5.41) is 18.6. The Morgan fingerprint density at radius 1 is 1.24 bits per heavy atom. The second kappa shape index (κ2) is 7.27. The van der Waals surface area contributed by atoms with Crippen molar-refractivity contribution >= 4 is 11.6 Å². The van der Waals surface area contributed by atoms with Crippen LogP contribution in [0.2, 0.25) is 0 Å². The first-order valence-corrected chi connectivity index (χ1v) is 10.1. The quantitative estimate of drug-likeness (QED) is 0.442. The van der Waals surface area contributed by atoms with Gasteiger partial charge in [0.2, 0.25) is 5.78 Å². The van der Waals surface area contributed by atoms with Crippen LogP contribution in [0.1, 0.15) is 46.2 Å². The largest absolute Gasteiger partial charge is 0.482 e. The summed E-state index contributed by atoms with van der Waals surface area (Å²) in [7, 11) is 1.59. The molecule has 0 radical (unpaired) electrons. The molecule has 0 saturated carbocycles. The molecule has 0 fully saturated rings. The molecule has 4 heterocycles. The number of pyridine rings is 1. The van der Waals surface area contributed by atoms with Crippen molar-refractivity contribution in [2.45, 2.75) is 20.0 Å². The third kappa shape index (κ3) is 3.13. The summed E-state index contributed by atoms with van der Waals surface area (Å²) in [5.74, 6) is -0.547. The van der Waals surface area contributed by atoms with Gasteiger partial charge in [0.1, 0.15) is 35.1 Å². The highest BCUT2D eigenvalue weighted by atomic mass is 19.1. The Bertz CT molecular complexity index is 1500. The highest BCUT2D eigenvalue weighted by molar-refractivity contribution is 6.11. The van der Waals surface area contributed by atoms with E-state index in [1.54, 1.807) is 33.0 Å². The Labute approximate surface area is 187 Å². The fourth-order valence-electron chi connectivity index (χ4n) is 4.03. The molecule has 2 N–H and O–H groups in total. The van der Waals surface area contributed by atoms with E-state index in [1.807, 2.05) is 0 Å². The van der Waals surface area contributed by atoms with Crippen LogP contribution in [-0.2, 0) is 7.05 Å². The number of anilines is 1. The average Bonchev–Trinajstić information content (AvgIpc) is 3.33. The molecule has 1 atom stereocenters. The molecular formula is C23H18FN7O2. The molecule has 0 saturated heterocycles. The lowest BCUT2D eigenvalue weighted by Gasteiger charge is -2.21. The van der Waals surface area contributed by atoms with E-state index in [0.29, 0.717) is 28.1 Å². The molecule has 1 aliphatic heterocycles. The summed E-state index contributed by atoms with van der Waals surface area (Å²) in [6.07, 6.45) is 0.800. The van der Waals surface area contributed by atoms with E-state index >= 15 is 0 Å². The number of halogens is 1. The minimum atomic E-state index is -0.661. The zero-order valence-corrected chi connectivity index (χ0v) is 18.0. The van der Waals surface area contributed by atoms with Gasteiger partial charge in [-0.15, -0.1) is 0 Å². The molecule has 10 heteroatoms. The molecule has 0 aliphatic carbocycles. The molecule has 0 spiro atoms. The summed E-state index contributed by atoms with van der Waals surface area (Å²) >= 11 is 0. The topological polar surface area (TPSA) is 125 Å². The number of benzene rings is 1. The smallest absolute Gasteiger partial charge is 0.232 e. The third-order valence-electron chi connectivity index (χ3n) is 5.56. The maximum atomic E-state index is 14.2. The van der Waals surface area contributed by atoms with Crippen molar-refractivity contribution in [1.82, 2.24) is 24.5 Å². The lowest BCUT2D eigenvalue weighted by molar-refractivity contribution is 0.102. The van der Waals surface area contributed by atoms with Crippen LogP contribution in [0.4, 0.5) is 10.2 Å². The number of nitrogens with two attached hydrogens (primary N) is 1. The zero-order chi connectivity index (χ0) is 23.4. The lowest BCUT2D eigenvalue weighted by Crippen LogP contribution is -2.16. The number of hydrogen-bond acceptors (Lipinski definition) is 7. The molecular weight excluding hydrogens is 425 g/mol. The number of carbonyl (C=O) groups is 1. The van der Waals surface area contributed by atoms with Crippen molar-refractivity contribution in [1.29, 1.82) is 5.26 Å². The van der Waals surface area contributed by atoms with Gasteiger partial charge in [-0.3, -0.25) is 9.48 Å². The second-order valence-electron chi connectivity index (χ2n) is 7.79. The molecule has 1 aliphatic rings. The van der Waals surface area contributed by atoms with E-state index in [-0.39, 0.29) is 28.6 Å². The number of fused-ring (bicyclic) bond motifs is 7. The Balaban J connectivity index is 1.90. The number of rotatable bonds is 0. The van der Waals surface area contributed by atoms with Gasteiger partial charge in [0.05, 0.1) is 16.9 Å². The number of aromatic nitrogens is 5. The van der Waals surface area contributed by atoms with Crippen LogP contribution in [0.15, 0.2) is 36.5 Å². The van der Waals surface area contributed by atoms with E-state index in [0.717, 1.165) is 0 Å². The summed E-state index contributed by atoms with van der Waals surface area (Å²) in [5.41, 5.74) is 8.81. The lowest BCUT2D eigenvalue weighted by atomic mass is 10.0. The van der Waals surface area contributed by atoms with Crippen LogP contribution < -0.4 is 10.5 Å². The van der Waals surface area contributed by atoms with Crippen molar-refractivity contribution < 1.29 is 13.9 Å². The first kappa shape index (κ1) is 20.4. The van der Waals surface area contributed by atoms with Gasteiger partial charge in [0.15, 0.2) is 11.6 Å². The molecule has 0 unspecified atom stereocenters. The number of nitrogen functional groups attached to an aromatic ring is 1. The first-order valence-electron chi connectivity index (χ1n) is 10.1. The second-order valence-corrected chi connectivity index (χ2v) is 7.79. The summed E-state index contributed by atoms with van der Waals surface area (Å²) in [6, 6.07) is 9.51. The molecule has 4 aromatic rings. The Hall–Kier alpha value is -4.52. The number of hydrogen-bond donors (Lipinski definition) is 1. The summed E-state index contributed by atoms with van der Waals surface area (Å²) in [6.45, 7) is 3.49. The Kier molecular flexibility index (Phi) is 4.49. The van der Waals surface area contributed by atoms with Crippen LogP contribution in [0.3, 0.4) is 0 Å². The van der Waals surface area contributed by atoms with Gasteiger partial charge >= 0.3 is 0 Å². The third-order valence-corrected chi connectivity index (χ3v) is 5.56. The van der Waals surface area contributed by atoms with E-state index < -0.39 is 17.7 Å². The minimum Gasteiger partial charge on any atom is -0.482 e. The number of ketones is 1. The van der Waals surface area contributed by atoms with Gasteiger partial charge in [-0.05, 0) is 44.2 Å². The Morgan fingerprint density at radius 2 is 2.03 bits per heavy atom. The monoisotopic (exact) mass is 443 g/mol. The summed E-state index contributed by atoms with van der Waals surface area (Å²) in [4.78, 5) is 18.0. The van der Waals surface area contributed by atoms with E-state index in [4.69, 9.17) is 10.5 Å². The van der Waals surface area contributed by atoms with Gasteiger partial charge in [-0.25, -0.2) is 14.1 Å². The predicted octanol–water partition coefficient (Wildman–Crippen LogP) is 3.25. The van der Waals surface area contributed by atoms with Gasteiger partial charge < -0.3 is 10.5 Å². The highest BCUT2D eigenvalue weighted by Gasteiger charge is 2.30. The maximum absolute atomic E-state index is 14.2. The van der Waals surface area contributed by atoms with Crippen LogP contribution in [0, 0.1) is 24.1 Å². The molecule has 33 heavy (non-hydrogen) atoms. The van der Waals surface area contributed by atoms with Crippen LogP contribution in [0.5, 0.6) is 5.75 Å². The fourth-order valence-corrected chi connectivity index (χ4v) is 4.03. The molecule has 1 aromatic carbocycles. The SMILES string of the molecule is Cc1cc2n(n1)-c1ccc(F)cc1[C@@H](C)Oc1cc(cnc1N)-c1c(nn(C)c1C#N)C2=O. The van der Waals surface area contributed by atoms with Gasteiger partial charge in [0.25, 0.3) is 0 Å². The number of aryl methyl sites for hydroxylation is 2. The molecule has 2 bridgehead atoms. The number of nitrogens with zero attached hydrogens (tertiary/aromatic N) is 6. The van der Waals surface area contributed by atoms with Gasteiger partial charge in [-0.2, -0.15) is 15.5 Å². The number of nitriles is 1. The van der Waals surface area contributed by atoms with Crippen LogP contribution in [0.25, 0.3) is 16.8 Å². The van der Waals surface area contributed by atoms with E-state index in [9.17, 15) is 14.4 Å². The van der Waals surface area contributed by atoms with Crippen LogP contribution >= 0.6 is 0 Å². The highest BCUT2D eigenvalue weighted by Crippen LogP contribution is 2.36. The number of carbonyl (C=O) groups excluding carboxylic acids is 1. The van der Waals surface area contributed by atoms with Crippen molar-refractivity contribution in [3.05, 3.63) is 70.7 Å². The maximum Gasteiger partial charge on any atom is 0.232 e. The standard InChI is InChI=1S/C23H18FN7O2/c1-11-6-17-22(32)21-20(18(9-25)30(3)29-21)13-7-19(23(26)27-10-13)33-12(2)15-8-14(24)4-5-16(15)31(17)28-11/h4-8,10,12H,1-3H3,(H2,26,27)/t12-/m1/s1. The average molecular weight is 443 g/mol. The van der Waals surface area contributed by atoms with Gasteiger partial charge in [-0.1, -0.05) is 0 Å². The van der Waals surface area contributed by atoms with Crippen LogP contribution in [-0.4, -0.2) is 30.3 Å². The summed E-state index contributed by atoms with van der Waals surface area (Å²) < 4.78 is 23.1. The fraction of sp³-hybridized carbons (Fsp3) is 0.174. The molecule has 5 rings (SSSR count). The zero-order valence-electron chi connectivity index (χ0n) is 18.0.